The molecule has 24 heavy (non-hydrogen) atoms. The summed E-state index contributed by atoms with van der Waals surface area (Å²) in [5.74, 6) is 0.723. The molecule has 0 aliphatic rings. The lowest BCUT2D eigenvalue weighted by atomic mass is 10.1. The van der Waals surface area contributed by atoms with E-state index in [1.165, 1.54) is 11.1 Å². The highest BCUT2D eigenvalue weighted by Gasteiger charge is 2.23. The summed E-state index contributed by atoms with van der Waals surface area (Å²) < 4.78 is 0. The van der Waals surface area contributed by atoms with Crippen LogP contribution in [0.3, 0.4) is 0 Å². The molecule has 0 aliphatic carbocycles. The average molecular weight is 347 g/mol. The van der Waals surface area contributed by atoms with Gasteiger partial charge in [-0.05, 0) is 55.8 Å². The molecule has 0 saturated heterocycles. The Balaban J connectivity index is 1.92. The number of nitrogens with zero attached hydrogens (tertiary/aromatic N) is 2. The zero-order chi connectivity index (χ0) is 17.4. The van der Waals surface area contributed by atoms with E-state index in [1.54, 1.807) is 18.3 Å². The fourth-order valence-electron chi connectivity index (χ4n) is 2.34. The van der Waals surface area contributed by atoms with Crippen molar-refractivity contribution >= 4 is 17.3 Å². The molecule has 2 aromatic heterocycles. The minimum absolute atomic E-state index is 0.317. The van der Waals surface area contributed by atoms with Crippen LogP contribution in [-0.4, -0.2) is 35.7 Å². The van der Waals surface area contributed by atoms with Gasteiger partial charge in [0.05, 0.1) is 6.54 Å². The summed E-state index contributed by atoms with van der Waals surface area (Å²) in [5, 5.41) is 19.1. The van der Waals surface area contributed by atoms with E-state index >= 15 is 0 Å². The van der Waals surface area contributed by atoms with Crippen molar-refractivity contribution in [1.29, 1.82) is 0 Å². The smallest absolute Gasteiger partial charge is 0.191 e. The number of thiophene rings is 1. The molecule has 2 heterocycles. The molecular weight excluding hydrogens is 320 g/mol. The number of hydrogen-bond acceptors (Lipinski definition) is 4. The van der Waals surface area contributed by atoms with Gasteiger partial charge in [0.2, 0.25) is 0 Å². The molecule has 0 amide bonds. The first-order valence-corrected chi connectivity index (χ1v) is 9.09. The quantitative estimate of drug-likeness (QED) is 0.532. The Kier molecular flexibility index (Phi) is 6.75. The van der Waals surface area contributed by atoms with Crippen LogP contribution in [0.2, 0.25) is 0 Å². The Labute approximate surface area is 147 Å². The zero-order valence-corrected chi connectivity index (χ0v) is 15.4. The van der Waals surface area contributed by atoms with Crippen LogP contribution in [0.1, 0.15) is 29.9 Å². The molecule has 3 N–H and O–H groups in total. The highest BCUT2D eigenvalue weighted by atomic mass is 32.1. The van der Waals surface area contributed by atoms with Crippen molar-refractivity contribution < 1.29 is 5.11 Å². The Morgan fingerprint density at radius 3 is 2.88 bits per heavy atom. The van der Waals surface area contributed by atoms with Crippen LogP contribution >= 0.6 is 11.3 Å². The van der Waals surface area contributed by atoms with Gasteiger partial charge in [0.25, 0.3) is 0 Å². The van der Waals surface area contributed by atoms with Crippen LogP contribution < -0.4 is 10.6 Å². The molecule has 5 nitrogen and oxygen atoms in total. The molecule has 130 valence electrons. The predicted molar refractivity (Wildman–Crippen MR) is 101 cm³/mol. The van der Waals surface area contributed by atoms with Crippen molar-refractivity contribution in [3.63, 3.8) is 0 Å². The third kappa shape index (κ3) is 5.32. The monoisotopic (exact) mass is 346 g/mol. The van der Waals surface area contributed by atoms with Gasteiger partial charge in [0, 0.05) is 30.4 Å². The molecule has 0 aromatic carbocycles. The number of rotatable bonds is 7. The summed E-state index contributed by atoms with van der Waals surface area (Å²) in [6.45, 7) is 7.77. The number of hydrogen-bond donors (Lipinski definition) is 3. The van der Waals surface area contributed by atoms with Gasteiger partial charge in [-0.3, -0.25) is 4.98 Å². The fraction of sp³-hybridized carbons (Fsp3) is 0.444. The lowest BCUT2D eigenvalue weighted by molar-refractivity contribution is 0.0711. The first-order valence-electron chi connectivity index (χ1n) is 8.21. The molecule has 2 aromatic rings. The Bertz CT molecular complexity index is 653. The van der Waals surface area contributed by atoms with Gasteiger partial charge in [0.1, 0.15) is 5.60 Å². The van der Waals surface area contributed by atoms with Crippen LogP contribution in [0.25, 0.3) is 0 Å². The van der Waals surface area contributed by atoms with Gasteiger partial charge in [-0.2, -0.15) is 0 Å². The van der Waals surface area contributed by atoms with E-state index in [0.717, 1.165) is 30.3 Å². The summed E-state index contributed by atoms with van der Waals surface area (Å²) >= 11 is 1.55. The molecular formula is C18H26N4OS. The second-order valence-corrected chi connectivity index (χ2v) is 6.87. The van der Waals surface area contributed by atoms with Gasteiger partial charge in [0.15, 0.2) is 5.96 Å². The molecule has 0 spiro atoms. The minimum Gasteiger partial charge on any atom is -0.383 e. The Morgan fingerprint density at radius 1 is 1.38 bits per heavy atom. The molecule has 2 rings (SSSR count). The van der Waals surface area contributed by atoms with Crippen LogP contribution in [-0.2, 0) is 12.0 Å². The molecule has 0 aliphatic heterocycles. The second-order valence-electron chi connectivity index (χ2n) is 5.93. The van der Waals surface area contributed by atoms with E-state index in [-0.39, 0.29) is 0 Å². The molecule has 0 saturated carbocycles. The number of aliphatic imine (C=N–C) groups is 1. The van der Waals surface area contributed by atoms with Crippen molar-refractivity contribution in [2.24, 2.45) is 4.99 Å². The average Bonchev–Trinajstić information content (AvgIpc) is 3.10. The standard InChI is InChI=1S/C18H26N4OS/c1-4-20-17(21-10-8-15-7-9-19-12-14(15)2)22-13-18(3,23)16-6-5-11-24-16/h5-7,9,11-12,23H,4,8,10,13H2,1-3H3,(H2,20,21,22). The van der Waals surface area contributed by atoms with Crippen molar-refractivity contribution in [1.82, 2.24) is 15.6 Å². The van der Waals surface area contributed by atoms with E-state index in [2.05, 4.69) is 27.5 Å². The first kappa shape index (κ1) is 18.4. The summed E-state index contributed by atoms with van der Waals surface area (Å²) in [6.07, 6.45) is 4.60. The van der Waals surface area contributed by atoms with E-state index in [9.17, 15) is 5.11 Å². The lowest BCUT2D eigenvalue weighted by Gasteiger charge is -2.20. The number of aromatic nitrogens is 1. The van der Waals surface area contributed by atoms with Crippen LogP contribution in [0.5, 0.6) is 0 Å². The maximum absolute atomic E-state index is 10.6. The molecule has 6 heteroatoms. The SMILES string of the molecule is CCNC(=NCC(C)(O)c1cccs1)NCCc1ccncc1C. The largest absolute Gasteiger partial charge is 0.383 e. The molecule has 0 radical (unpaired) electrons. The third-order valence-electron chi connectivity index (χ3n) is 3.76. The van der Waals surface area contributed by atoms with Gasteiger partial charge in [-0.15, -0.1) is 11.3 Å². The highest BCUT2D eigenvalue weighted by Crippen LogP contribution is 2.25. The van der Waals surface area contributed by atoms with E-state index in [0.29, 0.717) is 6.54 Å². The molecule has 0 bridgehead atoms. The molecule has 0 fully saturated rings. The van der Waals surface area contributed by atoms with Crippen LogP contribution in [0.4, 0.5) is 0 Å². The van der Waals surface area contributed by atoms with E-state index in [1.807, 2.05) is 42.9 Å². The van der Waals surface area contributed by atoms with Crippen LogP contribution in [0, 0.1) is 6.92 Å². The summed E-state index contributed by atoms with van der Waals surface area (Å²) in [6, 6.07) is 5.92. The lowest BCUT2D eigenvalue weighted by Crippen LogP contribution is -2.39. The minimum atomic E-state index is -0.946. The topological polar surface area (TPSA) is 69.5 Å². The van der Waals surface area contributed by atoms with E-state index in [4.69, 9.17) is 0 Å². The fourth-order valence-corrected chi connectivity index (χ4v) is 3.12. The Morgan fingerprint density at radius 2 is 2.21 bits per heavy atom. The van der Waals surface area contributed by atoms with Gasteiger partial charge < -0.3 is 15.7 Å². The van der Waals surface area contributed by atoms with Crippen molar-refractivity contribution in [3.8, 4) is 0 Å². The van der Waals surface area contributed by atoms with Gasteiger partial charge in [-0.1, -0.05) is 6.07 Å². The third-order valence-corrected chi connectivity index (χ3v) is 4.89. The number of pyridine rings is 1. The van der Waals surface area contributed by atoms with Crippen LogP contribution in [0.15, 0.2) is 41.0 Å². The highest BCUT2D eigenvalue weighted by molar-refractivity contribution is 7.10. The predicted octanol–water partition coefficient (Wildman–Crippen LogP) is 2.46. The van der Waals surface area contributed by atoms with Crippen molar-refractivity contribution in [2.75, 3.05) is 19.6 Å². The van der Waals surface area contributed by atoms with Gasteiger partial charge in [-0.25, -0.2) is 4.99 Å². The number of nitrogens with one attached hydrogen (secondary N) is 2. The normalized spacial score (nSPS) is 14.2. The van der Waals surface area contributed by atoms with E-state index < -0.39 is 5.60 Å². The number of aliphatic hydroxyl groups is 1. The molecule has 1 unspecified atom stereocenters. The Hall–Kier alpha value is -1.92. The number of guanidine groups is 1. The van der Waals surface area contributed by atoms with Crippen molar-refractivity contribution in [2.45, 2.75) is 32.8 Å². The zero-order valence-electron chi connectivity index (χ0n) is 14.5. The maximum Gasteiger partial charge on any atom is 0.191 e. The van der Waals surface area contributed by atoms with Crippen molar-refractivity contribution in [3.05, 3.63) is 52.0 Å². The summed E-state index contributed by atoms with van der Waals surface area (Å²) in [5.41, 5.74) is 1.53. The second kappa shape index (κ2) is 8.80. The summed E-state index contributed by atoms with van der Waals surface area (Å²) in [7, 11) is 0. The maximum atomic E-state index is 10.6. The number of aryl methyl sites for hydroxylation is 1. The van der Waals surface area contributed by atoms with Gasteiger partial charge >= 0.3 is 0 Å². The summed E-state index contributed by atoms with van der Waals surface area (Å²) in [4.78, 5) is 9.57. The molecule has 1 atom stereocenters. The first-order chi connectivity index (χ1) is 11.5.